The number of Topliss-reactive ketones (excluding diaryl/α,β-unsaturated/α-hetero) is 1. The average molecular weight is 301 g/mol. The predicted octanol–water partition coefficient (Wildman–Crippen LogP) is 3.52. The maximum Gasteiger partial charge on any atom is 0.202 e. The van der Waals surface area contributed by atoms with E-state index in [0.717, 1.165) is 22.9 Å². The predicted molar refractivity (Wildman–Crippen MR) is 86.5 cm³/mol. The van der Waals surface area contributed by atoms with E-state index in [2.05, 4.69) is 22.9 Å². The third-order valence-corrected chi connectivity index (χ3v) is 5.64. The van der Waals surface area contributed by atoms with Crippen molar-refractivity contribution in [1.82, 2.24) is 4.57 Å². The first-order valence-corrected chi connectivity index (χ1v) is 8.38. The Morgan fingerprint density at radius 3 is 2.81 bits per heavy atom. The molecule has 1 aromatic carbocycles. The number of thioether (sulfide) groups is 1. The summed E-state index contributed by atoms with van der Waals surface area (Å²) in [5.41, 5.74) is 1.39. The lowest BCUT2D eigenvalue weighted by atomic mass is 9.76. The summed E-state index contributed by atoms with van der Waals surface area (Å²) < 4.78 is 2.08. The Balaban J connectivity index is 2.18. The van der Waals surface area contributed by atoms with Crippen molar-refractivity contribution in [3.05, 3.63) is 36.0 Å². The van der Waals surface area contributed by atoms with Crippen molar-refractivity contribution < 1.29 is 9.59 Å². The van der Waals surface area contributed by atoms with E-state index in [1.54, 1.807) is 6.26 Å². The molecule has 21 heavy (non-hydrogen) atoms. The van der Waals surface area contributed by atoms with Crippen LogP contribution in [0.15, 0.2) is 30.5 Å². The maximum absolute atomic E-state index is 12.4. The zero-order valence-electron chi connectivity index (χ0n) is 12.6. The second kappa shape index (κ2) is 5.02. The molecule has 0 aliphatic heterocycles. The number of carbonyl (C=O) groups is 2. The van der Waals surface area contributed by atoms with Crippen LogP contribution in [0.5, 0.6) is 0 Å². The second-order valence-corrected chi connectivity index (χ2v) is 6.70. The van der Waals surface area contributed by atoms with E-state index < -0.39 is 5.41 Å². The van der Waals surface area contributed by atoms with Gasteiger partial charge in [-0.3, -0.25) is 9.59 Å². The molecule has 0 spiro atoms. The summed E-state index contributed by atoms with van der Waals surface area (Å²) in [6.45, 7) is 1.83. The number of aromatic nitrogens is 1. The molecule has 0 amide bonds. The van der Waals surface area contributed by atoms with Crippen LogP contribution in [0.2, 0.25) is 0 Å². The average Bonchev–Trinajstić information content (AvgIpc) is 2.98. The minimum atomic E-state index is -0.885. The standard InChI is InChI=1S/C17H19NO2S/c1-17(16(20)21-3)13(8-9-15(17)19)12-10-18(2)14-7-5-4-6-11(12)14/h4-7,10,13H,8-9H2,1-3H3/t13-,17-/m0/s1. The molecule has 1 heterocycles. The van der Waals surface area contributed by atoms with Gasteiger partial charge in [0.25, 0.3) is 0 Å². The number of fused-ring (bicyclic) bond motifs is 1. The Hall–Kier alpha value is -1.55. The molecule has 0 radical (unpaired) electrons. The topological polar surface area (TPSA) is 39.1 Å². The zero-order chi connectivity index (χ0) is 15.2. The van der Waals surface area contributed by atoms with Gasteiger partial charge in [0.1, 0.15) is 11.2 Å². The van der Waals surface area contributed by atoms with Gasteiger partial charge in [-0.05, 0) is 31.2 Å². The summed E-state index contributed by atoms with van der Waals surface area (Å²) in [5, 5.41) is 1.14. The van der Waals surface area contributed by atoms with Crippen molar-refractivity contribution in [2.45, 2.75) is 25.7 Å². The first kappa shape index (κ1) is 14.4. The van der Waals surface area contributed by atoms with E-state index >= 15 is 0 Å². The first-order chi connectivity index (χ1) is 10.00. The molecule has 1 saturated carbocycles. The Morgan fingerprint density at radius 1 is 1.38 bits per heavy atom. The molecule has 0 unspecified atom stereocenters. The lowest BCUT2D eigenvalue weighted by Gasteiger charge is -2.27. The number of aryl methyl sites for hydroxylation is 1. The number of benzene rings is 1. The van der Waals surface area contributed by atoms with Gasteiger partial charge in [-0.25, -0.2) is 0 Å². The zero-order valence-corrected chi connectivity index (χ0v) is 13.4. The van der Waals surface area contributed by atoms with Gasteiger partial charge in [-0.1, -0.05) is 30.0 Å². The third-order valence-electron chi connectivity index (χ3n) is 4.85. The van der Waals surface area contributed by atoms with Crippen molar-refractivity contribution in [3.63, 3.8) is 0 Å². The fraction of sp³-hybridized carbons (Fsp3) is 0.412. The van der Waals surface area contributed by atoms with Crippen LogP contribution < -0.4 is 0 Å². The van der Waals surface area contributed by atoms with Crippen LogP contribution in [-0.2, 0) is 16.6 Å². The Morgan fingerprint density at radius 2 is 2.10 bits per heavy atom. The van der Waals surface area contributed by atoms with Crippen LogP contribution in [0.3, 0.4) is 0 Å². The summed E-state index contributed by atoms with van der Waals surface area (Å²) in [7, 11) is 2.01. The van der Waals surface area contributed by atoms with Gasteiger partial charge in [0.2, 0.25) is 5.12 Å². The molecule has 2 atom stereocenters. The van der Waals surface area contributed by atoms with Crippen molar-refractivity contribution in [3.8, 4) is 0 Å². The molecular weight excluding hydrogens is 282 g/mol. The van der Waals surface area contributed by atoms with Crippen LogP contribution in [0.1, 0.15) is 31.2 Å². The molecule has 4 heteroatoms. The van der Waals surface area contributed by atoms with E-state index in [1.165, 1.54) is 11.8 Å². The van der Waals surface area contributed by atoms with Gasteiger partial charge in [0, 0.05) is 36.5 Å². The SMILES string of the molecule is CSC(=O)[C@]1(C)C(=O)CC[C@H]1c1cn(C)c2ccccc12. The summed E-state index contributed by atoms with van der Waals surface area (Å²) in [6.07, 6.45) is 5.10. The molecular formula is C17H19NO2S. The van der Waals surface area contributed by atoms with E-state index in [4.69, 9.17) is 0 Å². The van der Waals surface area contributed by atoms with E-state index in [1.807, 2.05) is 26.1 Å². The molecule has 0 saturated heterocycles. The van der Waals surface area contributed by atoms with Crippen molar-refractivity contribution in [1.29, 1.82) is 0 Å². The lowest BCUT2D eigenvalue weighted by Crippen LogP contribution is -2.34. The number of rotatable bonds is 2. The van der Waals surface area contributed by atoms with Gasteiger partial charge in [0.15, 0.2) is 0 Å². The van der Waals surface area contributed by atoms with Gasteiger partial charge in [-0.2, -0.15) is 0 Å². The number of hydrogen-bond acceptors (Lipinski definition) is 3. The highest BCUT2D eigenvalue weighted by atomic mass is 32.2. The molecule has 1 aromatic heterocycles. The number of carbonyl (C=O) groups excluding carboxylic acids is 2. The van der Waals surface area contributed by atoms with Crippen molar-refractivity contribution in [2.24, 2.45) is 12.5 Å². The number of para-hydroxylation sites is 1. The molecule has 2 aromatic rings. The van der Waals surface area contributed by atoms with E-state index in [0.29, 0.717) is 6.42 Å². The molecule has 110 valence electrons. The van der Waals surface area contributed by atoms with Gasteiger partial charge >= 0.3 is 0 Å². The molecule has 1 aliphatic rings. The minimum absolute atomic E-state index is 0.0112. The van der Waals surface area contributed by atoms with Crippen LogP contribution in [0, 0.1) is 5.41 Å². The van der Waals surface area contributed by atoms with Gasteiger partial charge in [-0.15, -0.1) is 0 Å². The van der Waals surface area contributed by atoms with Gasteiger partial charge in [0.05, 0.1) is 0 Å². The quantitative estimate of drug-likeness (QED) is 0.797. The normalized spacial score (nSPS) is 25.7. The summed E-state index contributed by atoms with van der Waals surface area (Å²) in [6, 6.07) is 8.18. The monoisotopic (exact) mass is 301 g/mol. The van der Waals surface area contributed by atoms with Gasteiger partial charge < -0.3 is 4.57 Å². The molecule has 0 bridgehead atoms. The molecule has 1 aliphatic carbocycles. The first-order valence-electron chi connectivity index (χ1n) is 7.15. The fourth-order valence-corrected chi connectivity index (χ4v) is 4.28. The second-order valence-electron chi connectivity index (χ2n) is 5.92. The minimum Gasteiger partial charge on any atom is -0.350 e. The summed E-state index contributed by atoms with van der Waals surface area (Å²) in [5.74, 6) is 0.0656. The number of ketones is 1. The summed E-state index contributed by atoms with van der Waals surface area (Å²) >= 11 is 1.17. The fourth-order valence-electron chi connectivity index (χ4n) is 3.60. The molecule has 3 nitrogen and oxygen atoms in total. The van der Waals surface area contributed by atoms with E-state index in [-0.39, 0.29) is 16.8 Å². The lowest BCUT2D eigenvalue weighted by molar-refractivity contribution is -0.133. The highest BCUT2D eigenvalue weighted by Gasteiger charge is 2.52. The Bertz CT molecular complexity index is 733. The highest BCUT2D eigenvalue weighted by molar-refractivity contribution is 8.13. The Kier molecular flexibility index (Phi) is 3.44. The van der Waals surface area contributed by atoms with Crippen LogP contribution >= 0.6 is 11.8 Å². The van der Waals surface area contributed by atoms with Crippen molar-refractivity contribution in [2.75, 3.05) is 6.26 Å². The third kappa shape index (κ3) is 1.96. The van der Waals surface area contributed by atoms with Crippen LogP contribution in [0.4, 0.5) is 0 Å². The molecule has 3 rings (SSSR count). The summed E-state index contributed by atoms with van der Waals surface area (Å²) in [4.78, 5) is 24.8. The van der Waals surface area contributed by atoms with Crippen LogP contribution in [0.25, 0.3) is 10.9 Å². The van der Waals surface area contributed by atoms with E-state index in [9.17, 15) is 9.59 Å². The largest absolute Gasteiger partial charge is 0.350 e. The van der Waals surface area contributed by atoms with Crippen LogP contribution in [-0.4, -0.2) is 21.7 Å². The van der Waals surface area contributed by atoms with Crippen molar-refractivity contribution >= 4 is 33.6 Å². The molecule has 1 fully saturated rings. The number of hydrogen-bond donors (Lipinski definition) is 0. The molecule has 0 N–H and O–H groups in total. The highest BCUT2D eigenvalue weighted by Crippen LogP contribution is 2.50. The Labute approximate surface area is 128 Å². The smallest absolute Gasteiger partial charge is 0.202 e. The number of nitrogens with zero attached hydrogens (tertiary/aromatic N) is 1. The maximum atomic E-state index is 12.4.